The Morgan fingerprint density at radius 1 is 0.812 bits per heavy atom. The average molecular weight is 236 g/mol. The molecule has 0 aromatic heterocycles. The van der Waals surface area contributed by atoms with Crippen LogP contribution < -0.4 is 0 Å². The largest absolute Gasteiger partial charge is 0.502 e. The molecule has 0 radical (unpaired) electrons. The van der Waals surface area contributed by atoms with Crippen LogP contribution in [-0.4, -0.2) is 49.4 Å². The molecule has 16 heavy (non-hydrogen) atoms. The van der Waals surface area contributed by atoms with Gasteiger partial charge < -0.3 is 25.5 Å². The SMILES string of the molecule is O=C(O)/C=C(/O)C(=O)O.O=C(O)CC(=O)O. The number of carbonyl (C=O) groups is 4. The number of carboxylic acid groups (broad SMARTS) is 4. The van der Waals surface area contributed by atoms with Crippen molar-refractivity contribution >= 4 is 23.9 Å². The first-order valence-electron chi connectivity index (χ1n) is 3.47. The molecule has 0 saturated heterocycles. The van der Waals surface area contributed by atoms with Gasteiger partial charge in [0.05, 0.1) is 6.08 Å². The summed E-state index contributed by atoms with van der Waals surface area (Å²) < 4.78 is 0. The minimum Gasteiger partial charge on any atom is -0.502 e. The maximum Gasteiger partial charge on any atom is 0.371 e. The van der Waals surface area contributed by atoms with Crippen LogP contribution in [0, 0.1) is 0 Å². The molecule has 9 nitrogen and oxygen atoms in total. The summed E-state index contributed by atoms with van der Waals surface area (Å²) in [5.41, 5.74) is 0. The van der Waals surface area contributed by atoms with Crippen molar-refractivity contribution in [3.05, 3.63) is 11.8 Å². The second-order valence-corrected chi connectivity index (χ2v) is 2.14. The van der Waals surface area contributed by atoms with Gasteiger partial charge in [0, 0.05) is 0 Å². The highest BCUT2D eigenvalue weighted by atomic mass is 16.4. The predicted molar refractivity (Wildman–Crippen MR) is 45.9 cm³/mol. The zero-order valence-corrected chi connectivity index (χ0v) is 7.65. The van der Waals surface area contributed by atoms with Gasteiger partial charge in [0.25, 0.3) is 0 Å². The first-order chi connectivity index (χ1) is 7.16. The fraction of sp³-hybridized carbons (Fsp3) is 0.143. The Labute approximate surface area is 87.9 Å². The van der Waals surface area contributed by atoms with E-state index in [2.05, 4.69) is 0 Å². The van der Waals surface area contributed by atoms with Gasteiger partial charge in [-0.2, -0.15) is 0 Å². The van der Waals surface area contributed by atoms with Crippen molar-refractivity contribution in [1.29, 1.82) is 0 Å². The van der Waals surface area contributed by atoms with Crippen molar-refractivity contribution in [2.24, 2.45) is 0 Å². The normalized spacial score (nSPS) is 9.62. The molecule has 0 saturated carbocycles. The Balaban J connectivity index is 0. The monoisotopic (exact) mass is 236 g/mol. The fourth-order valence-corrected chi connectivity index (χ4v) is 0.308. The Bertz CT molecular complexity index is 315. The van der Waals surface area contributed by atoms with Crippen LogP contribution in [0.1, 0.15) is 6.42 Å². The van der Waals surface area contributed by atoms with Gasteiger partial charge in [-0.1, -0.05) is 0 Å². The average Bonchev–Trinajstić information content (AvgIpc) is 2.00. The van der Waals surface area contributed by atoms with Crippen LogP contribution >= 0.6 is 0 Å². The van der Waals surface area contributed by atoms with Crippen LogP contribution in [0.2, 0.25) is 0 Å². The van der Waals surface area contributed by atoms with Crippen molar-refractivity contribution in [3.63, 3.8) is 0 Å². The number of hydrogen-bond acceptors (Lipinski definition) is 5. The van der Waals surface area contributed by atoms with Crippen molar-refractivity contribution < 1.29 is 44.7 Å². The van der Waals surface area contributed by atoms with Crippen molar-refractivity contribution in [2.75, 3.05) is 0 Å². The Kier molecular flexibility index (Phi) is 7.73. The van der Waals surface area contributed by atoms with Crippen LogP contribution in [0.4, 0.5) is 0 Å². The van der Waals surface area contributed by atoms with Gasteiger partial charge in [-0.15, -0.1) is 0 Å². The van der Waals surface area contributed by atoms with E-state index in [1.54, 1.807) is 0 Å². The molecule has 0 aliphatic carbocycles. The summed E-state index contributed by atoms with van der Waals surface area (Å²) in [5.74, 6) is -6.95. The van der Waals surface area contributed by atoms with E-state index in [9.17, 15) is 19.2 Å². The molecule has 5 N–H and O–H groups in total. The number of aliphatic hydroxyl groups excluding tert-OH is 1. The van der Waals surface area contributed by atoms with Gasteiger partial charge in [-0.25, -0.2) is 9.59 Å². The summed E-state index contributed by atoms with van der Waals surface area (Å²) >= 11 is 0. The van der Waals surface area contributed by atoms with E-state index in [1.165, 1.54) is 0 Å². The third-order valence-corrected chi connectivity index (χ3v) is 0.782. The lowest BCUT2D eigenvalue weighted by molar-refractivity contribution is -0.147. The molecule has 0 amide bonds. The third-order valence-electron chi connectivity index (χ3n) is 0.782. The zero-order chi connectivity index (χ0) is 13.3. The van der Waals surface area contributed by atoms with Crippen LogP contribution in [-0.2, 0) is 19.2 Å². The van der Waals surface area contributed by atoms with Crippen LogP contribution in [0.5, 0.6) is 0 Å². The number of hydrogen-bond donors (Lipinski definition) is 5. The van der Waals surface area contributed by atoms with E-state index in [-0.39, 0.29) is 6.08 Å². The summed E-state index contributed by atoms with van der Waals surface area (Å²) in [5, 5.41) is 39.3. The summed E-state index contributed by atoms with van der Waals surface area (Å²) in [7, 11) is 0. The molecule has 0 spiro atoms. The molecule has 0 aliphatic heterocycles. The van der Waals surface area contributed by atoms with E-state index in [1.807, 2.05) is 0 Å². The van der Waals surface area contributed by atoms with E-state index in [0.717, 1.165) is 0 Å². The smallest absolute Gasteiger partial charge is 0.371 e. The molecule has 0 heterocycles. The number of carboxylic acids is 4. The van der Waals surface area contributed by atoms with Gasteiger partial charge >= 0.3 is 23.9 Å². The number of aliphatic hydroxyl groups is 1. The summed E-state index contributed by atoms with van der Waals surface area (Å²) in [6, 6.07) is 0. The van der Waals surface area contributed by atoms with E-state index in [0.29, 0.717) is 0 Å². The lowest BCUT2D eigenvalue weighted by atomic mass is 10.4. The predicted octanol–water partition coefficient (Wildman–Crippen LogP) is -0.857. The van der Waals surface area contributed by atoms with Crippen molar-refractivity contribution in [3.8, 4) is 0 Å². The first-order valence-corrected chi connectivity index (χ1v) is 3.47. The Morgan fingerprint density at radius 3 is 1.25 bits per heavy atom. The topological polar surface area (TPSA) is 169 Å². The maximum atomic E-state index is 9.65. The lowest BCUT2D eigenvalue weighted by Crippen LogP contribution is -2.03. The molecule has 0 aromatic rings. The number of rotatable bonds is 4. The van der Waals surface area contributed by atoms with Crippen LogP contribution in [0.25, 0.3) is 0 Å². The highest BCUT2D eigenvalue weighted by Gasteiger charge is 2.04. The molecular formula is C7H8O9. The van der Waals surface area contributed by atoms with Gasteiger partial charge in [0.15, 0.2) is 0 Å². The minimum absolute atomic E-state index is 0.197. The summed E-state index contributed by atoms with van der Waals surface area (Å²) in [4.78, 5) is 38.1. The standard InChI is InChI=1S/C4H4O5.C3H4O4/c5-2(4(8)9)1-3(6)7;4-2(5)1-3(6)7/h1,5H,(H,6,7)(H,8,9);1H2,(H,4,5)(H,6,7)/b2-1+;. The Hall–Kier alpha value is -2.58. The first kappa shape index (κ1) is 15.9. The Morgan fingerprint density at radius 2 is 1.19 bits per heavy atom. The second kappa shape index (κ2) is 7.79. The third kappa shape index (κ3) is 14.0. The number of aliphatic carboxylic acids is 4. The summed E-state index contributed by atoms with van der Waals surface area (Å²) in [6.07, 6.45) is -0.609. The minimum atomic E-state index is -1.66. The molecule has 0 aromatic carbocycles. The highest BCUT2D eigenvalue weighted by molar-refractivity contribution is 5.92. The van der Waals surface area contributed by atoms with E-state index < -0.39 is 36.1 Å². The molecule has 0 fully saturated rings. The molecule has 0 bridgehead atoms. The molecule has 0 aliphatic rings. The van der Waals surface area contributed by atoms with Crippen LogP contribution in [0.3, 0.4) is 0 Å². The molecule has 90 valence electrons. The van der Waals surface area contributed by atoms with Gasteiger partial charge in [-0.05, 0) is 0 Å². The maximum absolute atomic E-state index is 9.65. The molecule has 0 unspecified atom stereocenters. The van der Waals surface area contributed by atoms with Crippen molar-refractivity contribution in [2.45, 2.75) is 6.42 Å². The summed E-state index contributed by atoms with van der Waals surface area (Å²) in [6.45, 7) is 0. The molecule has 0 atom stereocenters. The highest BCUT2D eigenvalue weighted by Crippen LogP contribution is 1.85. The lowest BCUT2D eigenvalue weighted by Gasteiger charge is -1.85. The van der Waals surface area contributed by atoms with Gasteiger partial charge in [0.2, 0.25) is 5.76 Å². The van der Waals surface area contributed by atoms with Gasteiger partial charge in [0.1, 0.15) is 6.42 Å². The second-order valence-electron chi connectivity index (χ2n) is 2.14. The molecule has 0 rings (SSSR count). The quantitative estimate of drug-likeness (QED) is 0.236. The van der Waals surface area contributed by atoms with Gasteiger partial charge in [-0.3, -0.25) is 9.59 Å². The molecule has 9 heteroatoms. The van der Waals surface area contributed by atoms with E-state index in [4.69, 9.17) is 25.5 Å². The molecular weight excluding hydrogens is 228 g/mol. The van der Waals surface area contributed by atoms with Crippen LogP contribution in [0.15, 0.2) is 11.8 Å². The van der Waals surface area contributed by atoms with E-state index >= 15 is 0 Å². The zero-order valence-electron chi connectivity index (χ0n) is 7.65. The van der Waals surface area contributed by atoms with Crippen molar-refractivity contribution in [1.82, 2.24) is 0 Å². The fourth-order valence-electron chi connectivity index (χ4n) is 0.308.